The average molecular weight is 470 g/mol. The Kier molecular flexibility index (Phi) is 6.31. The lowest BCUT2D eigenvalue weighted by atomic mass is 9.56. The molecule has 2 aromatic carbocycles. The summed E-state index contributed by atoms with van der Waals surface area (Å²) in [5.74, 6) is -0.577. The second-order valence-corrected chi connectivity index (χ2v) is 9.50. The maximum Gasteiger partial charge on any atom is 0.258 e. The Morgan fingerprint density at radius 2 is 1.85 bits per heavy atom. The van der Waals surface area contributed by atoms with Crippen LogP contribution < -0.4 is 15.4 Å². The van der Waals surface area contributed by atoms with Crippen LogP contribution in [0.4, 0.5) is 4.39 Å². The lowest BCUT2D eigenvalue weighted by molar-refractivity contribution is -0.127. The highest BCUT2D eigenvalue weighted by molar-refractivity contribution is 6.30. The Hall–Kier alpha value is -3.11. The van der Waals surface area contributed by atoms with Gasteiger partial charge in [0, 0.05) is 22.7 Å². The predicted molar refractivity (Wildman–Crippen MR) is 121 cm³/mol. The molecule has 2 N–H and O–H groups in total. The maximum atomic E-state index is 13.6. The van der Waals surface area contributed by atoms with Crippen LogP contribution >= 0.6 is 11.6 Å². The van der Waals surface area contributed by atoms with E-state index < -0.39 is 5.82 Å². The van der Waals surface area contributed by atoms with Crippen molar-refractivity contribution in [3.8, 4) is 11.8 Å². The van der Waals surface area contributed by atoms with E-state index in [1.54, 1.807) is 24.3 Å². The summed E-state index contributed by atoms with van der Waals surface area (Å²) in [6.45, 7) is 1.89. The molecule has 1 atom stereocenters. The fourth-order valence-corrected chi connectivity index (χ4v) is 5.24. The monoisotopic (exact) mass is 469 g/mol. The largest absolute Gasteiger partial charge is 0.484 e. The third-order valence-corrected chi connectivity index (χ3v) is 7.35. The van der Waals surface area contributed by atoms with Gasteiger partial charge in [0.15, 0.2) is 6.61 Å². The van der Waals surface area contributed by atoms with Gasteiger partial charge in [-0.1, -0.05) is 18.5 Å². The van der Waals surface area contributed by atoms with Gasteiger partial charge in [0.2, 0.25) is 0 Å². The van der Waals surface area contributed by atoms with Crippen molar-refractivity contribution in [1.29, 1.82) is 5.26 Å². The Bertz CT molecular complexity index is 1100. The van der Waals surface area contributed by atoms with Crippen molar-refractivity contribution in [3.63, 3.8) is 0 Å². The molecule has 1 unspecified atom stereocenters. The van der Waals surface area contributed by atoms with Gasteiger partial charge in [0.05, 0.1) is 16.7 Å². The lowest BCUT2D eigenvalue weighted by Gasteiger charge is -2.57. The average Bonchev–Trinajstić information content (AvgIpc) is 2.81. The Balaban J connectivity index is 1.34. The van der Waals surface area contributed by atoms with Gasteiger partial charge in [-0.05, 0) is 74.4 Å². The number of nitrogens with one attached hydrogen (secondary N) is 2. The summed E-state index contributed by atoms with van der Waals surface area (Å²) in [6, 6.07) is 12.7. The number of halogens is 2. The van der Waals surface area contributed by atoms with Crippen LogP contribution in [0, 0.1) is 23.1 Å². The van der Waals surface area contributed by atoms with Crippen molar-refractivity contribution >= 4 is 23.4 Å². The van der Waals surface area contributed by atoms with Crippen LogP contribution in [0.25, 0.3) is 0 Å². The number of ether oxygens (including phenoxy) is 1. The molecule has 0 spiro atoms. The number of hydrogen-bond acceptors (Lipinski definition) is 4. The summed E-state index contributed by atoms with van der Waals surface area (Å²) in [6.07, 6.45) is 3.79. The normalized spacial score (nSPS) is 25.7. The SMILES string of the molecule is CC1CC2(NC(=O)COc3ccc(Cl)c(F)c3)CCC1(NC(=O)c1ccc(C#N)cc1)CC2. The van der Waals surface area contributed by atoms with Gasteiger partial charge in [-0.15, -0.1) is 0 Å². The number of carbonyl (C=O) groups excluding carboxylic acids is 2. The summed E-state index contributed by atoms with van der Waals surface area (Å²) < 4.78 is 19.0. The summed E-state index contributed by atoms with van der Waals surface area (Å²) in [4.78, 5) is 25.4. The lowest BCUT2D eigenvalue weighted by Crippen LogP contribution is -2.67. The molecule has 0 aromatic heterocycles. The van der Waals surface area contributed by atoms with E-state index in [1.165, 1.54) is 12.1 Å². The number of rotatable bonds is 6. The van der Waals surface area contributed by atoms with Gasteiger partial charge in [-0.25, -0.2) is 4.39 Å². The summed E-state index contributed by atoms with van der Waals surface area (Å²) in [5.41, 5.74) is 0.405. The van der Waals surface area contributed by atoms with Gasteiger partial charge in [-0.3, -0.25) is 9.59 Å². The zero-order chi connectivity index (χ0) is 23.6. The standard InChI is InChI=1S/C25H25ClFN3O3/c1-16-13-24(29-22(31)15-33-19-6-7-20(26)21(27)12-19)8-10-25(16,11-9-24)30-23(32)18-4-2-17(14-28)3-5-18/h2-7,12,16H,8-11,13,15H2,1H3,(H,29,31)(H,30,32). The summed E-state index contributed by atoms with van der Waals surface area (Å²) in [5, 5.41) is 15.3. The highest BCUT2D eigenvalue weighted by Crippen LogP contribution is 2.50. The minimum Gasteiger partial charge on any atom is -0.484 e. The van der Waals surface area contributed by atoms with Gasteiger partial charge >= 0.3 is 0 Å². The Morgan fingerprint density at radius 1 is 1.15 bits per heavy atom. The van der Waals surface area contributed by atoms with Gasteiger partial charge in [0.1, 0.15) is 11.6 Å². The van der Waals surface area contributed by atoms with E-state index in [0.717, 1.165) is 38.2 Å². The zero-order valence-electron chi connectivity index (χ0n) is 18.3. The number of benzene rings is 2. The topological polar surface area (TPSA) is 91.2 Å². The zero-order valence-corrected chi connectivity index (χ0v) is 19.0. The molecule has 0 saturated heterocycles. The predicted octanol–water partition coefficient (Wildman–Crippen LogP) is 4.37. The van der Waals surface area contributed by atoms with E-state index in [9.17, 15) is 14.0 Å². The maximum absolute atomic E-state index is 13.6. The molecule has 3 aliphatic carbocycles. The molecule has 3 fully saturated rings. The van der Waals surface area contributed by atoms with Crippen molar-refractivity contribution in [1.82, 2.24) is 10.6 Å². The first-order chi connectivity index (χ1) is 15.7. The van der Waals surface area contributed by atoms with Crippen molar-refractivity contribution in [3.05, 3.63) is 64.4 Å². The Labute approximate surface area is 197 Å². The van der Waals surface area contributed by atoms with Crippen LogP contribution in [-0.4, -0.2) is 29.5 Å². The number of fused-ring (bicyclic) bond motifs is 3. The van der Waals surface area contributed by atoms with Crippen LogP contribution in [0.15, 0.2) is 42.5 Å². The first kappa shape index (κ1) is 23.1. The number of nitriles is 1. The minimum absolute atomic E-state index is 0.00107. The molecule has 6 nitrogen and oxygen atoms in total. The van der Waals surface area contributed by atoms with Crippen LogP contribution in [0.2, 0.25) is 5.02 Å². The fourth-order valence-electron chi connectivity index (χ4n) is 5.12. The van der Waals surface area contributed by atoms with Crippen molar-refractivity contribution in [2.24, 2.45) is 5.92 Å². The quantitative estimate of drug-likeness (QED) is 0.657. The highest BCUT2D eigenvalue weighted by Gasteiger charge is 2.54. The van der Waals surface area contributed by atoms with Crippen LogP contribution in [-0.2, 0) is 4.79 Å². The Morgan fingerprint density at radius 3 is 2.45 bits per heavy atom. The molecular weight excluding hydrogens is 445 g/mol. The molecule has 33 heavy (non-hydrogen) atoms. The van der Waals surface area contributed by atoms with Crippen LogP contribution in [0.5, 0.6) is 5.75 Å². The van der Waals surface area contributed by atoms with Gasteiger partial charge in [0.25, 0.3) is 11.8 Å². The fraction of sp³-hybridized carbons (Fsp3) is 0.400. The van der Waals surface area contributed by atoms with E-state index in [4.69, 9.17) is 21.6 Å². The van der Waals surface area contributed by atoms with Gasteiger partial charge in [-0.2, -0.15) is 5.26 Å². The minimum atomic E-state index is -0.596. The van der Waals surface area contributed by atoms with Crippen molar-refractivity contribution in [2.45, 2.75) is 50.1 Å². The third-order valence-electron chi connectivity index (χ3n) is 7.04. The van der Waals surface area contributed by atoms with E-state index in [2.05, 4.69) is 23.6 Å². The molecule has 0 heterocycles. The van der Waals surface area contributed by atoms with Crippen molar-refractivity contribution in [2.75, 3.05) is 6.61 Å². The smallest absolute Gasteiger partial charge is 0.258 e. The number of nitrogens with zero attached hydrogens (tertiary/aromatic N) is 1. The van der Waals surface area contributed by atoms with Crippen LogP contribution in [0.3, 0.4) is 0 Å². The molecule has 8 heteroatoms. The molecule has 172 valence electrons. The molecule has 2 amide bonds. The van der Waals surface area contributed by atoms with Gasteiger partial charge < -0.3 is 15.4 Å². The second-order valence-electron chi connectivity index (χ2n) is 9.10. The molecular formula is C25H25ClFN3O3. The highest BCUT2D eigenvalue weighted by atomic mass is 35.5. The molecule has 5 rings (SSSR count). The van der Waals surface area contributed by atoms with E-state index in [1.807, 2.05) is 0 Å². The summed E-state index contributed by atoms with van der Waals surface area (Å²) >= 11 is 5.67. The molecule has 3 saturated carbocycles. The molecule has 2 bridgehead atoms. The number of hydrogen-bond donors (Lipinski definition) is 2. The summed E-state index contributed by atoms with van der Waals surface area (Å²) in [7, 11) is 0. The van der Waals surface area contributed by atoms with Crippen LogP contribution in [0.1, 0.15) is 54.9 Å². The molecule has 0 radical (unpaired) electrons. The number of carbonyl (C=O) groups is 2. The third kappa shape index (κ3) is 4.81. The molecule has 3 aliphatic rings. The van der Waals surface area contributed by atoms with Crippen molar-refractivity contribution < 1.29 is 18.7 Å². The number of amides is 2. The first-order valence-electron chi connectivity index (χ1n) is 11.0. The second kappa shape index (κ2) is 9.03. The first-order valence-corrected chi connectivity index (χ1v) is 11.3. The molecule has 2 aromatic rings. The van der Waals surface area contributed by atoms with E-state index in [-0.39, 0.29) is 46.2 Å². The van der Waals surface area contributed by atoms with E-state index >= 15 is 0 Å². The molecule has 0 aliphatic heterocycles. The van der Waals surface area contributed by atoms with E-state index in [0.29, 0.717) is 11.1 Å².